The largest absolute Gasteiger partial charge is 0.496 e. The van der Waals surface area contributed by atoms with Crippen LogP contribution >= 0.6 is 0 Å². The lowest BCUT2D eigenvalue weighted by molar-refractivity contribution is -0.130. The van der Waals surface area contributed by atoms with Crippen LogP contribution in [0.5, 0.6) is 11.5 Å². The van der Waals surface area contributed by atoms with E-state index in [1.807, 2.05) is 0 Å². The maximum atomic E-state index is 11.9. The van der Waals surface area contributed by atoms with Gasteiger partial charge >= 0.3 is 5.97 Å². The molecule has 0 aliphatic rings. The third-order valence-corrected chi connectivity index (χ3v) is 4.35. The van der Waals surface area contributed by atoms with Crippen LogP contribution in [0.15, 0.2) is 24.3 Å². The van der Waals surface area contributed by atoms with E-state index >= 15 is 0 Å². The number of aliphatic hydroxyl groups excluding tert-OH is 3. The smallest absolute Gasteiger partial charge is 0.336 e. The zero-order valence-electron chi connectivity index (χ0n) is 15.6. The highest BCUT2D eigenvalue weighted by Crippen LogP contribution is 2.32. The van der Waals surface area contributed by atoms with Crippen molar-refractivity contribution in [1.29, 1.82) is 0 Å². The number of aliphatic hydroxyl groups is 3. The number of hydrogen-bond acceptors (Lipinski definition) is 7. The molecule has 0 aromatic heterocycles. The summed E-state index contributed by atoms with van der Waals surface area (Å²) < 4.78 is 10.4. The van der Waals surface area contributed by atoms with Gasteiger partial charge in [0.2, 0.25) is 0 Å². The fourth-order valence-corrected chi connectivity index (χ4v) is 2.88. The van der Waals surface area contributed by atoms with Crippen molar-refractivity contribution in [1.82, 2.24) is 0 Å². The molecule has 2 aromatic rings. The predicted molar refractivity (Wildman–Crippen MR) is 104 cm³/mol. The summed E-state index contributed by atoms with van der Waals surface area (Å²) in [7, 11) is 2.82. The van der Waals surface area contributed by atoms with Gasteiger partial charge in [0.1, 0.15) is 11.5 Å². The third kappa shape index (κ3) is 4.25. The van der Waals surface area contributed by atoms with Crippen molar-refractivity contribution >= 4 is 23.3 Å². The zero-order chi connectivity index (χ0) is 20.8. The first-order chi connectivity index (χ1) is 13.4. The molecule has 8 nitrogen and oxygen atoms in total. The van der Waals surface area contributed by atoms with Crippen molar-refractivity contribution in [3.63, 3.8) is 0 Å². The maximum absolute atomic E-state index is 11.9. The number of nitrogens with two attached hydrogens (primary N) is 1. The molecular weight excluding hydrogens is 366 g/mol. The van der Waals surface area contributed by atoms with Crippen molar-refractivity contribution in [2.75, 3.05) is 20.0 Å². The Hall–Kier alpha value is -3.07. The number of carboxylic acid groups (broad SMARTS) is 1. The molecule has 2 aromatic carbocycles. The fraction of sp³-hybridized carbons (Fsp3) is 0.250. The van der Waals surface area contributed by atoms with Crippen LogP contribution in [0.25, 0.3) is 11.6 Å². The van der Waals surface area contributed by atoms with Crippen LogP contribution in [0.1, 0.15) is 27.8 Å². The van der Waals surface area contributed by atoms with Crippen LogP contribution in [0.3, 0.4) is 0 Å². The van der Waals surface area contributed by atoms with E-state index in [-0.39, 0.29) is 35.8 Å². The molecule has 6 N–H and O–H groups in total. The van der Waals surface area contributed by atoms with Crippen molar-refractivity contribution in [3.8, 4) is 11.5 Å². The van der Waals surface area contributed by atoms with Crippen LogP contribution in [-0.4, -0.2) is 40.6 Å². The third-order valence-electron chi connectivity index (χ3n) is 4.35. The summed E-state index contributed by atoms with van der Waals surface area (Å²) in [4.78, 5) is 11.9. The first-order valence-electron chi connectivity index (χ1n) is 8.34. The lowest BCUT2D eigenvalue weighted by Gasteiger charge is -2.15. The van der Waals surface area contributed by atoms with Gasteiger partial charge in [-0.2, -0.15) is 0 Å². The first kappa shape index (κ1) is 21.2. The highest BCUT2D eigenvalue weighted by atomic mass is 16.5. The molecule has 0 aliphatic heterocycles. The number of carboxylic acids is 1. The van der Waals surface area contributed by atoms with E-state index in [4.69, 9.17) is 15.2 Å². The normalized spacial score (nSPS) is 11.4. The summed E-state index contributed by atoms with van der Waals surface area (Å²) in [6.45, 7) is -1.03. The molecule has 8 heteroatoms. The lowest BCUT2D eigenvalue weighted by atomic mass is 9.96. The highest BCUT2D eigenvalue weighted by Gasteiger charge is 2.18. The molecular formula is C20H23NO7. The number of methoxy groups -OCH3 is 2. The molecule has 0 amide bonds. The molecule has 0 saturated heterocycles. The average molecular weight is 389 g/mol. The van der Waals surface area contributed by atoms with Crippen LogP contribution in [0, 0.1) is 0 Å². The average Bonchev–Trinajstić information content (AvgIpc) is 2.70. The Bertz CT molecular complexity index is 881. The number of rotatable bonds is 8. The SMILES string of the molecule is COc1cc(C=C(C(=O)O)c2cc(CO)c(CO)c(OC)c2)c(N)cc1CO. The second kappa shape index (κ2) is 9.23. The molecule has 0 saturated carbocycles. The summed E-state index contributed by atoms with van der Waals surface area (Å²) >= 11 is 0. The molecule has 28 heavy (non-hydrogen) atoms. The Kier molecular flexibility index (Phi) is 7.00. The van der Waals surface area contributed by atoms with Crippen LogP contribution in [0.2, 0.25) is 0 Å². The molecule has 150 valence electrons. The Labute approximate surface area is 162 Å². The quantitative estimate of drug-likeness (QED) is 0.259. The maximum Gasteiger partial charge on any atom is 0.336 e. The molecule has 0 bridgehead atoms. The van der Waals surface area contributed by atoms with Gasteiger partial charge in [0.25, 0.3) is 0 Å². The minimum absolute atomic E-state index is 0.0945. The van der Waals surface area contributed by atoms with Gasteiger partial charge in [-0.25, -0.2) is 4.79 Å². The van der Waals surface area contributed by atoms with Gasteiger partial charge in [0.15, 0.2) is 0 Å². The van der Waals surface area contributed by atoms with Crippen LogP contribution in [0.4, 0.5) is 5.69 Å². The number of benzene rings is 2. The Morgan fingerprint density at radius 1 is 0.964 bits per heavy atom. The summed E-state index contributed by atoms with van der Waals surface area (Å²) in [5.74, 6) is -0.582. The Morgan fingerprint density at radius 2 is 1.61 bits per heavy atom. The first-order valence-corrected chi connectivity index (χ1v) is 8.34. The van der Waals surface area contributed by atoms with E-state index in [2.05, 4.69) is 0 Å². The van der Waals surface area contributed by atoms with Gasteiger partial charge in [-0.15, -0.1) is 0 Å². The van der Waals surface area contributed by atoms with Gasteiger partial charge in [-0.3, -0.25) is 0 Å². The number of aliphatic carboxylic acids is 1. The number of ether oxygens (including phenoxy) is 2. The molecule has 0 radical (unpaired) electrons. The number of carbonyl (C=O) groups is 1. The zero-order valence-corrected chi connectivity index (χ0v) is 15.6. The van der Waals surface area contributed by atoms with Crippen LogP contribution in [-0.2, 0) is 24.6 Å². The van der Waals surface area contributed by atoms with Crippen molar-refractivity contribution in [3.05, 3.63) is 52.1 Å². The molecule has 0 fully saturated rings. The summed E-state index contributed by atoms with van der Waals surface area (Å²) in [5.41, 5.74) is 8.05. The van der Waals surface area contributed by atoms with E-state index in [0.717, 1.165) is 0 Å². The standard InChI is InChI=1S/C20H23NO7/c1-27-18-7-12(17(21)5-14(18)9-23)4-15(20(25)26)11-3-13(8-22)16(10-24)19(6-11)28-2/h3-7,22-24H,8-10,21H2,1-2H3,(H,25,26). The second-order valence-electron chi connectivity index (χ2n) is 5.95. The van der Waals surface area contributed by atoms with E-state index in [0.29, 0.717) is 28.0 Å². The molecule has 0 heterocycles. The van der Waals surface area contributed by atoms with E-state index in [9.17, 15) is 25.2 Å². The molecule has 0 aliphatic carbocycles. The molecule has 0 atom stereocenters. The Balaban J connectivity index is 2.69. The topological polar surface area (TPSA) is 142 Å². The minimum atomic E-state index is -1.22. The lowest BCUT2D eigenvalue weighted by Crippen LogP contribution is -2.05. The van der Waals surface area contributed by atoms with Gasteiger partial charge in [0, 0.05) is 22.4 Å². The van der Waals surface area contributed by atoms with Gasteiger partial charge in [-0.05, 0) is 41.5 Å². The van der Waals surface area contributed by atoms with Crippen molar-refractivity contribution in [2.24, 2.45) is 0 Å². The molecule has 2 rings (SSSR count). The summed E-state index contributed by atoms with van der Waals surface area (Å²) in [6.07, 6.45) is 1.37. The predicted octanol–water partition coefficient (Wildman–Crippen LogP) is 1.39. The van der Waals surface area contributed by atoms with E-state index in [1.165, 1.54) is 44.6 Å². The summed E-state index contributed by atoms with van der Waals surface area (Å²) in [6, 6.07) is 6.00. The number of anilines is 1. The van der Waals surface area contributed by atoms with Crippen molar-refractivity contribution < 1.29 is 34.7 Å². The van der Waals surface area contributed by atoms with E-state index < -0.39 is 12.6 Å². The van der Waals surface area contributed by atoms with Gasteiger partial charge < -0.3 is 35.6 Å². The molecule has 0 spiro atoms. The second-order valence-corrected chi connectivity index (χ2v) is 5.95. The molecule has 0 unspecified atom stereocenters. The monoisotopic (exact) mass is 389 g/mol. The minimum Gasteiger partial charge on any atom is -0.496 e. The number of nitrogen functional groups attached to an aromatic ring is 1. The summed E-state index contributed by atoms with van der Waals surface area (Å²) in [5, 5.41) is 38.2. The van der Waals surface area contributed by atoms with Gasteiger partial charge in [-0.1, -0.05) is 0 Å². The van der Waals surface area contributed by atoms with Crippen LogP contribution < -0.4 is 15.2 Å². The highest BCUT2D eigenvalue weighted by molar-refractivity contribution is 6.21. The Morgan fingerprint density at radius 3 is 2.11 bits per heavy atom. The number of hydrogen-bond donors (Lipinski definition) is 5. The van der Waals surface area contributed by atoms with E-state index in [1.54, 1.807) is 0 Å². The van der Waals surface area contributed by atoms with Gasteiger partial charge in [0.05, 0.1) is 39.6 Å². The van der Waals surface area contributed by atoms with Crippen molar-refractivity contribution in [2.45, 2.75) is 19.8 Å². The fourth-order valence-electron chi connectivity index (χ4n) is 2.88.